The summed E-state index contributed by atoms with van der Waals surface area (Å²) >= 11 is 4.71. The average molecular weight is 1620 g/mol. The van der Waals surface area contributed by atoms with Gasteiger partial charge in [-0.1, -0.05) is 0 Å². The highest BCUT2D eigenvalue weighted by Gasteiger charge is 2.38. The highest BCUT2D eigenvalue weighted by atomic mass is 32.2. The van der Waals surface area contributed by atoms with Crippen molar-refractivity contribution in [2.45, 2.75) is 71.9 Å². The number of carbonyl (C=O) groups excluding carboxylic acids is 6. The summed E-state index contributed by atoms with van der Waals surface area (Å²) in [5.74, 6) is 0.178. The standard InChI is InChI=1S/3C24H22F2N8O3S/c3*1-32-7-3-17(23(32)36)34-12-16(30-22(35)14-11-29-33-6-2-4-28-21(14)33)20(31-34)13-9-19-15(27-5-8-38-19)10-18(13)37-24(25)26/h3*2,4,6,9-12,17,24,27H,3,5,7-8H2,1H3,(H,30,35)/t2*17-;/m10./s1. The van der Waals surface area contributed by atoms with E-state index in [4.69, 9.17) is 14.2 Å². The van der Waals surface area contributed by atoms with Crippen LogP contribution in [0, 0.1) is 0 Å². The fraction of sp³-hybridized carbons (Fsp3) is 0.292. The highest BCUT2D eigenvalue weighted by Crippen LogP contribution is 2.48. The number of alkyl halides is 6. The molecule has 12 aromatic rings. The number of fused-ring (bicyclic) bond motifs is 6. The number of likely N-dealkylation sites (N-methyl/N-ethyl adjacent to an activating group) is 3. The molecular weight excluding hydrogens is 1560 g/mol. The van der Waals surface area contributed by atoms with Crippen molar-refractivity contribution in [2.75, 3.05) is 110 Å². The second kappa shape index (κ2) is 31.9. The molecule has 9 aromatic heterocycles. The number of aromatic nitrogens is 15. The molecular formula is C72H66F6N24O9S3. The maximum absolute atomic E-state index is 13.4. The Balaban J connectivity index is 0.000000129. The molecule has 0 spiro atoms. The van der Waals surface area contributed by atoms with Gasteiger partial charge in [0.15, 0.2) is 16.9 Å². The van der Waals surface area contributed by atoms with Gasteiger partial charge in [-0.25, -0.2) is 28.5 Å². The fourth-order valence-electron chi connectivity index (χ4n) is 13.8. The number of hydrogen-bond acceptors (Lipinski definition) is 24. The summed E-state index contributed by atoms with van der Waals surface area (Å²) in [5, 5.41) is 44.4. The lowest BCUT2D eigenvalue weighted by molar-refractivity contribution is -0.130. The normalized spacial score (nSPS) is 17.1. The van der Waals surface area contributed by atoms with Gasteiger partial charge in [-0.15, -0.1) is 35.3 Å². The SMILES string of the molecule is CN1CCC(n2cc(NC(=O)c3cnn4cccnc34)c(-c3cc4c(cc3OC(F)F)NCCS4)n2)C1=O.CN1CC[C@@H](n2cc(NC(=O)c3cnn4cccnc34)c(-c3cc4c(cc3OC(F)F)NCCS4)n2)C1=O.CN1CC[C@H](n2cc(NC(=O)c3cnn4cccnc34)c(-c3cc4c(cc3OC(F)F)NCCS4)n2)C1=O. The third kappa shape index (κ3) is 15.2. The Bertz CT molecular complexity index is 5210. The van der Waals surface area contributed by atoms with Crippen molar-refractivity contribution in [1.29, 1.82) is 0 Å². The first-order chi connectivity index (χ1) is 55.2. The largest absolute Gasteiger partial charge is 0.434 e. The van der Waals surface area contributed by atoms with Crippen LogP contribution in [-0.4, -0.2) is 221 Å². The van der Waals surface area contributed by atoms with E-state index in [0.29, 0.717) is 92.5 Å². The summed E-state index contributed by atoms with van der Waals surface area (Å²) in [6.07, 6.45) is 20.0. The smallest absolute Gasteiger partial charge is 0.387 e. The van der Waals surface area contributed by atoms with E-state index < -0.39 is 55.7 Å². The molecule has 114 heavy (non-hydrogen) atoms. The molecule has 0 radical (unpaired) electrons. The van der Waals surface area contributed by atoms with Crippen molar-refractivity contribution in [3.8, 4) is 51.0 Å². The number of halogens is 6. The van der Waals surface area contributed by atoms with Crippen molar-refractivity contribution in [1.82, 2.24) is 87.8 Å². The maximum atomic E-state index is 13.4. The zero-order valence-corrected chi connectivity index (χ0v) is 62.7. The molecule has 6 amide bonds. The quantitative estimate of drug-likeness (QED) is 0.0435. The van der Waals surface area contributed by atoms with Crippen molar-refractivity contribution >= 4 is 122 Å². The number of nitrogens with one attached hydrogen (secondary N) is 6. The van der Waals surface area contributed by atoms with Crippen LogP contribution >= 0.6 is 35.3 Å². The van der Waals surface area contributed by atoms with Gasteiger partial charge in [-0.05, 0) is 55.7 Å². The molecule has 3 atom stereocenters. The van der Waals surface area contributed by atoms with Crippen molar-refractivity contribution < 1.29 is 69.3 Å². The van der Waals surface area contributed by atoms with Crippen LogP contribution < -0.4 is 46.1 Å². The first-order valence-electron chi connectivity index (χ1n) is 35.5. The number of thioether (sulfide) groups is 3. The van der Waals surface area contributed by atoms with E-state index in [1.54, 1.807) is 163 Å². The van der Waals surface area contributed by atoms with Gasteiger partial charge in [0.25, 0.3) is 17.7 Å². The van der Waals surface area contributed by atoms with Gasteiger partial charge in [0.05, 0.1) is 71.3 Å². The van der Waals surface area contributed by atoms with Gasteiger partial charge >= 0.3 is 19.8 Å². The minimum absolute atomic E-state index is 0.0954. The molecule has 588 valence electrons. The zero-order valence-electron chi connectivity index (χ0n) is 60.3. The molecule has 42 heteroatoms. The van der Waals surface area contributed by atoms with E-state index in [2.05, 4.69) is 77.4 Å². The summed E-state index contributed by atoms with van der Waals surface area (Å²) in [6.45, 7) is -5.50. The number of amides is 6. The van der Waals surface area contributed by atoms with Crippen LogP contribution in [0.2, 0.25) is 0 Å². The van der Waals surface area contributed by atoms with Crippen LogP contribution in [0.4, 0.5) is 60.5 Å². The van der Waals surface area contributed by atoms with Crippen molar-refractivity contribution in [2.24, 2.45) is 0 Å². The van der Waals surface area contributed by atoms with Crippen molar-refractivity contribution in [3.05, 3.63) is 146 Å². The van der Waals surface area contributed by atoms with Crippen LogP contribution in [-0.2, 0) is 14.4 Å². The molecule has 0 bridgehead atoms. The predicted octanol–water partition coefficient (Wildman–Crippen LogP) is 10.1. The zero-order chi connectivity index (χ0) is 79.2. The van der Waals surface area contributed by atoms with Crippen LogP contribution in [0.3, 0.4) is 0 Å². The number of carbonyl (C=O) groups is 6. The van der Waals surface area contributed by atoms with Crippen LogP contribution in [0.5, 0.6) is 17.2 Å². The van der Waals surface area contributed by atoms with Gasteiger partial charge in [-0.2, -0.15) is 56.9 Å². The highest BCUT2D eigenvalue weighted by molar-refractivity contribution is 8.00. The molecule has 3 aromatic carbocycles. The summed E-state index contributed by atoms with van der Waals surface area (Å²) < 4.78 is 104. The number of nitrogens with zero attached hydrogens (tertiary/aromatic N) is 18. The summed E-state index contributed by atoms with van der Waals surface area (Å²) in [5.41, 5.74) is 5.87. The molecule has 6 aliphatic heterocycles. The molecule has 6 N–H and O–H groups in total. The average Bonchev–Trinajstić information content (AvgIpc) is 1.59. The Morgan fingerprint density at radius 3 is 1.00 bits per heavy atom. The van der Waals surface area contributed by atoms with E-state index in [-0.39, 0.29) is 102 Å². The monoisotopic (exact) mass is 1620 g/mol. The molecule has 0 saturated carbocycles. The third-order valence-electron chi connectivity index (χ3n) is 19.4. The number of ether oxygens (including phenoxy) is 3. The lowest BCUT2D eigenvalue weighted by atomic mass is 10.1. The van der Waals surface area contributed by atoms with E-state index >= 15 is 0 Å². The van der Waals surface area contributed by atoms with Gasteiger partial charge in [0.2, 0.25) is 17.7 Å². The Hall–Kier alpha value is -12.6. The number of likely N-dealkylation sites (tertiary alicyclic amines) is 3. The molecule has 3 saturated heterocycles. The lowest BCUT2D eigenvalue weighted by Gasteiger charge is -2.20. The second-order valence-corrected chi connectivity index (χ2v) is 29.9. The van der Waals surface area contributed by atoms with E-state index in [0.717, 1.165) is 31.9 Å². The first-order valence-corrected chi connectivity index (χ1v) is 38.4. The lowest BCUT2D eigenvalue weighted by Crippen LogP contribution is -2.24. The molecule has 15 heterocycles. The number of anilines is 6. The third-order valence-corrected chi connectivity index (χ3v) is 22.5. The van der Waals surface area contributed by atoms with Gasteiger partial charge < -0.3 is 60.8 Å². The number of benzene rings is 3. The Morgan fingerprint density at radius 1 is 0.447 bits per heavy atom. The van der Waals surface area contributed by atoms with E-state index in [9.17, 15) is 55.1 Å². The minimum atomic E-state index is -3.07. The first kappa shape index (κ1) is 75.4. The van der Waals surface area contributed by atoms with E-state index in [1.807, 2.05) is 0 Å². The van der Waals surface area contributed by atoms with Gasteiger partial charge in [-0.3, -0.25) is 42.8 Å². The molecule has 0 aliphatic carbocycles. The molecule has 3 fully saturated rings. The number of hydrogen-bond donors (Lipinski definition) is 6. The number of rotatable bonds is 18. The van der Waals surface area contributed by atoms with Crippen LogP contribution in [0.15, 0.2) is 144 Å². The van der Waals surface area contributed by atoms with Crippen LogP contribution in [0.25, 0.3) is 50.7 Å². The Labute approximate surface area is 653 Å². The molecule has 1 unspecified atom stereocenters. The molecule has 6 aliphatic rings. The Morgan fingerprint density at radius 2 is 0.737 bits per heavy atom. The fourth-order valence-corrected chi connectivity index (χ4v) is 16.6. The minimum Gasteiger partial charge on any atom is -0.434 e. The predicted molar refractivity (Wildman–Crippen MR) is 407 cm³/mol. The molecule has 18 rings (SSSR count). The second-order valence-electron chi connectivity index (χ2n) is 26.5. The summed E-state index contributed by atoms with van der Waals surface area (Å²) in [6, 6.07) is 13.0. The Kier molecular flexibility index (Phi) is 21.1. The van der Waals surface area contributed by atoms with Crippen molar-refractivity contribution in [3.63, 3.8) is 0 Å². The maximum Gasteiger partial charge on any atom is 0.387 e. The molecule has 33 nitrogen and oxygen atoms in total. The van der Waals surface area contributed by atoms with Crippen LogP contribution in [0.1, 0.15) is 68.5 Å². The summed E-state index contributed by atoms with van der Waals surface area (Å²) in [4.78, 5) is 98.2. The van der Waals surface area contributed by atoms with E-state index in [1.165, 1.54) is 64.4 Å². The van der Waals surface area contributed by atoms with Gasteiger partial charge in [0, 0.05) is 164 Å². The summed E-state index contributed by atoms with van der Waals surface area (Å²) in [7, 11) is 5.11. The topological polar surface area (TPSA) is 356 Å². The van der Waals surface area contributed by atoms with Gasteiger partial charge in [0.1, 0.15) is 69.1 Å².